The van der Waals surface area contributed by atoms with E-state index in [2.05, 4.69) is 4.63 Å². The number of carbonyl (C=O) groups is 1. The van der Waals surface area contributed by atoms with Gasteiger partial charge in [-0.1, -0.05) is 6.92 Å². The van der Waals surface area contributed by atoms with Crippen LogP contribution in [0.3, 0.4) is 0 Å². The van der Waals surface area contributed by atoms with Gasteiger partial charge in [0.15, 0.2) is 0 Å². The summed E-state index contributed by atoms with van der Waals surface area (Å²) in [4.78, 5) is 10.3. The average Bonchev–Trinajstić information content (AvgIpc) is 1.68. The minimum absolute atomic E-state index is 0.0147. The van der Waals surface area contributed by atoms with E-state index in [1.54, 1.807) is 0 Å². The van der Waals surface area contributed by atoms with Crippen molar-refractivity contribution in [3.05, 3.63) is 0 Å². The number of rotatable bonds is 2. The van der Waals surface area contributed by atoms with Gasteiger partial charge in [0, 0.05) is 6.42 Å². The van der Waals surface area contributed by atoms with Crippen molar-refractivity contribution < 1.29 is 4.79 Å². The van der Waals surface area contributed by atoms with Crippen LogP contribution in [0.1, 0.15) is 19.8 Å². The third-order valence-corrected chi connectivity index (χ3v) is 0.993. The van der Waals surface area contributed by atoms with Crippen LogP contribution in [-0.4, -0.2) is 15.9 Å². The Hall–Kier alpha value is -0.313. The first-order chi connectivity index (χ1) is 3.31. The Balaban J connectivity index is 3.17. The van der Waals surface area contributed by atoms with E-state index < -0.39 is 0 Å². The molecule has 40 valence electrons. The first kappa shape index (κ1) is 6.69. The van der Waals surface area contributed by atoms with Crippen molar-refractivity contribution in [2.45, 2.75) is 19.8 Å². The molecule has 0 bridgehead atoms. The summed E-state index contributed by atoms with van der Waals surface area (Å²) in [6.45, 7) is 1.96. The predicted molar refractivity (Wildman–Crippen MR) is 30.9 cm³/mol. The highest BCUT2D eigenvalue weighted by Gasteiger charge is 1.88. The second-order valence-electron chi connectivity index (χ2n) is 1.30. The molecule has 7 heavy (non-hydrogen) atoms. The van der Waals surface area contributed by atoms with Gasteiger partial charge in [-0.25, -0.2) is 0 Å². The highest BCUT2D eigenvalue weighted by molar-refractivity contribution is 6.01. The molecule has 0 aromatic carbocycles. The number of carbonyl (C=O) groups excluding carboxylic acids is 1. The lowest BCUT2D eigenvalue weighted by atomic mass is 10.3. The summed E-state index contributed by atoms with van der Waals surface area (Å²) in [7, 11) is 1.35. The fourth-order valence-electron chi connectivity index (χ4n) is 0.293. The number of amides is 1. The molecule has 0 aromatic heterocycles. The van der Waals surface area contributed by atoms with Gasteiger partial charge < -0.3 is 0 Å². The maximum atomic E-state index is 10.3. The molecule has 0 rings (SSSR count). The molecule has 0 spiro atoms. The molecular weight excluding hydrogens is 106 g/mol. The number of hydrogen-bond donors (Lipinski definition) is 0. The number of hydrogen-bond acceptors (Lipinski definition) is 1. The SMILES string of the molecule is CCCC(=O)N=[SiH2]. The Labute approximate surface area is 46.1 Å². The first-order valence-corrected chi connectivity index (χ1v) is 2.94. The molecule has 0 radical (unpaired) electrons. The second-order valence-corrected chi connectivity index (χ2v) is 1.62. The van der Waals surface area contributed by atoms with Crippen molar-refractivity contribution >= 4 is 15.9 Å². The topological polar surface area (TPSA) is 29.4 Å². The van der Waals surface area contributed by atoms with Gasteiger partial charge >= 0.3 is 0 Å². The Bertz CT molecular complexity index is 81.8. The summed E-state index contributed by atoms with van der Waals surface area (Å²) in [6, 6.07) is 0. The molecular formula is C4H9NOSi. The zero-order valence-corrected chi connectivity index (χ0v) is 5.89. The van der Waals surface area contributed by atoms with Crippen LogP contribution >= 0.6 is 0 Å². The summed E-state index contributed by atoms with van der Waals surface area (Å²) in [6.07, 6.45) is 1.50. The maximum Gasteiger partial charge on any atom is 0.235 e. The normalized spacial score (nSPS) is 8.14. The lowest BCUT2D eigenvalue weighted by Gasteiger charge is -1.83. The number of nitrogens with zero attached hydrogens (tertiary/aromatic N) is 1. The molecule has 0 aliphatic rings. The third-order valence-electron chi connectivity index (χ3n) is 0.640. The van der Waals surface area contributed by atoms with Crippen LogP contribution in [0.5, 0.6) is 0 Å². The van der Waals surface area contributed by atoms with E-state index in [-0.39, 0.29) is 5.91 Å². The molecule has 0 saturated carbocycles. The Morgan fingerprint density at radius 1 is 1.86 bits per heavy atom. The Morgan fingerprint density at radius 2 is 2.43 bits per heavy atom. The van der Waals surface area contributed by atoms with Crippen LogP contribution < -0.4 is 0 Å². The van der Waals surface area contributed by atoms with Gasteiger partial charge in [0.05, 0.1) is 0 Å². The lowest BCUT2D eigenvalue weighted by Crippen LogP contribution is -1.88. The molecule has 0 saturated heterocycles. The summed E-state index contributed by atoms with van der Waals surface area (Å²) < 4.78 is 3.47. The second kappa shape index (κ2) is 3.86. The van der Waals surface area contributed by atoms with Gasteiger partial charge in [0.25, 0.3) is 0 Å². The van der Waals surface area contributed by atoms with Gasteiger partial charge in [-0.15, -0.1) is 0 Å². The van der Waals surface area contributed by atoms with Gasteiger partial charge in [-0.05, 0) is 6.42 Å². The van der Waals surface area contributed by atoms with E-state index >= 15 is 0 Å². The quantitative estimate of drug-likeness (QED) is 0.470. The Morgan fingerprint density at radius 3 is 2.57 bits per heavy atom. The predicted octanol–water partition coefficient (Wildman–Crippen LogP) is 0.130. The molecule has 0 aromatic rings. The van der Waals surface area contributed by atoms with Crippen molar-refractivity contribution in [3.63, 3.8) is 0 Å². The largest absolute Gasteiger partial charge is 0.278 e. The minimum Gasteiger partial charge on any atom is -0.278 e. The van der Waals surface area contributed by atoms with E-state index in [9.17, 15) is 4.79 Å². The molecule has 0 N–H and O–H groups in total. The smallest absolute Gasteiger partial charge is 0.235 e. The molecule has 0 atom stereocenters. The summed E-state index contributed by atoms with van der Waals surface area (Å²) in [5.74, 6) is 0.0147. The van der Waals surface area contributed by atoms with Crippen LogP contribution in [0, 0.1) is 0 Å². The molecule has 1 amide bonds. The van der Waals surface area contributed by atoms with Crippen LogP contribution in [-0.2, 0) is 4.79 Å². The zero-order chi connectivity index (χ0) is 5.70. The van der Waals surface area contributed by atoms with Crippen LogP contribution in [0.4, 0.5) is 0 Å². The highest BCUT2D eigenvalue weighted by Crippen LogP contribution is 1.86. The highest BCUT2D eigenvalue weighted by atomic mass is 28.1. The maximum absolute atomic E-state index is 10.3. The monoisotopic (exact) mass is 115 g/mol. The summed E-state index contributed by atoms with van der Waals surface area (Å²) in [5.41, 5.74) is 0. The van der Waals surface area contributed by atoms with Crippen LogP contribution in [0.25, 0.3) is 0 Å². The van der Waals surface area contributed by atoms with Crippen molar-refractivity contribution in [2.75, 3.05) is 0 Å². The fraction of sp³-hybridized carbons (Fsp3) is 0.750. The van der Waals surface area contributed by atoms with Gasteiger partial charge in [-0.2, -0.15) is 0 Å². The van der Waals surface area contributed by atoms with Gasteiger partial charge in [0.2, 0.25) is 5.91 Å². The molecule has 0 aliphatic carbocycles. The standard InChI is InChI=1S/C4H9NOSi/c1-2-3-4(6)5-7/h2-3,7H2,1H3. The van der Waals surface area contributed by atoms with E-state index in [0.29, 0.717) is 6.42 Å². The fourth-order valence-corrected chi connectivity index (χ4v) is 0.451. The van der Waals surface area contributed by atoms with Crippen molar-refractivity contribution in [1.82, 2.24) is 0 Å². The third kappa shape index (κ3) is 3.52. The van der Waals surface area contributed by atoms with Crippen molar-refractivity contribution in [3.8, 4) is 0 Å². The molecule has 3 heteroatoms. The molecule has 0 heterocycles. The van der Waals surface area contributed by atoms with Gasteiger partial charge in [-0.3, -0.25) is 9.43 Å². The van der Waals surface area contributed by atoms with E-state index in [0.717, 1.165) is 6.42 Å². The van der Waals surface area contributed by atoms with E-state index in [1.807, 2.05) is 6.92 Å². The van der Waals surface area contributed by atoms with Crippen LogP contribution in [0.2, 0.25) is 0 Å². The van der Waals surface area contributed by atoms with Gasteiger partial charge in [0.1, 0.15) is 10.0 Å². The summed E-state index contributed by atoms with van der Waals surface area (Å²) >= 11 is 0. The molecule has 0 aliphatic heterocycles. The minimum atomic E-state index is 0.0147. The molecule has 0 unspecified atom stereocenters. The Kier molecular flexibility index (Phi) is 3.69. The zero-order valence-electron chi connectivity index (χ0n) is 4.48. The first-order valence-electron chi connectivity index (χ1n) is 2.30. The summed E-state index contributed by atoms with van der Waals surface area (Å²) in [5, 5.41) is 0. The van der Waals surface area contributed by atoms with Crippen molar-refractivity contribution in [1.29, 1.82) is 0 Å². The lowest BCUT2D eigenvalue weighted by molar-refractivity contribution is -0.117. The van der Waals surface area contributed by atoms with Crippen LogP contribution in [0.15, 0.2) is 4.63 Å². The molecule has 2 nitrogen and oxygen atoms in total. The molecule has 0 fully saturated rings. The van der Waals surface area contributed by atoms with E-state index in [1.165, 1.54) is 10.0 Å². The van der Waals surface area contributed by atoms with Crippen molar-refractivity contribution in [2.24, 2.45) is 4.63 Å². The van der Waals surface area contributed by atoms with E-state index in [4.69, 9.17) is 0 Å². The average molecular weight is 115 g/mol.